The first kappa shape index (κ1) is 29.1. The number of ether oxygens (including phenoxy) is 1. The van der Waals surface area contributed by atoms with Crippen LogP contribution in [0.15, 0.2) is 176 Å². The lowest BCUT2D eigenvalue weighted by Crippen LogP contribution is -2.36. The van der Waals surface area contributed by atoms with Crippen LogP contribution < -0.4 is 9.64 Å². The number of hydrogen-bond acceptors (Lipinski definition) is 3. The van der Waals surface area contributed by atoms with Crippen molar-refractivity contribution >= 4 is 64.9 Å². The van der Waals surface area contributed by atoms with E-state index >= 15 is 0 Å². The second-order valence-electron chi connectivity index (χ2n) is 13.4. The number of thiophene rings is 1. The normalized spacial score (nSPS) is 17.8. The highest BCUT2D eigenvalue weighted by Gasteiger charge is 2.48. The van der Waals surface area contributed by atoms with E-state index in [0.717, 1.165) is 17.1 Å². The molecular weight excluding hydrogens is 627 g/mol. The number of anilines is 3. The van der Waals surface area contributed by atoms with Crippen molar-refractivity contribution in [2.45, 2.75) is 18.4 Å². The fourth-order valence-corrected chi connectivity index (χ4v) is 9.29. The van der Waals surface area contributed by atoms with Gasteiger partial charge in [-0.15, -0.1) is 11.3 Å². The van der Waals surface area contributed by atoms with Crippen molar-refractivity contribution in [1.82, 2.24) is 0 Å². The van der Waals surface area contributed by atoms with Gasteiger partial charge in [-0.3, -0.25) is 0 Å². The minimum Gasteiger partial charge on any atom is -0.482 e. The Morgan fingerprint density at radius 2 is 1.36 bits per heavy atom. The first-order valence-corrected chi connectivity index (χ1v) is 18.0. The molecule has 7 aromatic carbocycles. The van der Waals surface area contributed by atoms with Gasteiger partial charge in [-0.05, 0) is 82.9 Å². The van der Waals surface area contributed by atoms with Crippen LogP contribution in [0.5, 0.6) is 5.75 Å². The Bertz CT molecular complexity index is 2670. The number of nitrogens with zero attached hydrogens (tertiary/aromatic N) is 1. The Labute approximate surface area is 295 Å². The minimum absolute atomic E-state index is 0.139. The van der Waals surface area contributed by atoms with Gasteiger partial charge in [0, 0.05) is 48.6 Å². The van der Waals surface area contributed by atoms with Crippen molar-refractivity contribution in [2.24, 2.45) is 0 Å². The maximum atomic E-state index is 6.86. The quantitative estimate of drug-likeness (QED) is 0.182. The second-order valence-corrected chi connectivity index (χ2v) is 14.5. The van der Waals surface area contributed by atoms with Crippen LogP contribution in [0.2, 0.25) is 0 Å². The Hall–Kier alpha value is -5.90. The van der Waals surface area contributed by atoms with Crippen molar-refractivity contribution in [3.8, 4) is 16.9 Å². The monoisotopic (exact) mass is 659 g/mol. The molecule has 1 aliphatic heterocycles. The third-order valence-corrected chi connectivity index (χ3v) is 11.7. The van der Waals surface area contributed by atoms with Gasteiger partial charge in [-0.1, -0.05) is 127 Å². The summed E-state index contributed by atoms with van der Waals surface area (Å²) in [4.78, 5) is 2.45. The number of fused-ring (bicyclic) bond motifs is 7. The molecule has 3 heteroatoms. The molecule has 238 valence electrons. The van der Waals surface area contributed by atoms with Gasteiger partial charge in [0.05, 0.1) is 5.69 Å². The summed E-state index contributed by atoms with van der Waals surface area (Å²) in [7, 11) is 0. The molecule has 8 aromatic rings. The molecule has 0 spiro atoms. The van der Waals surface area contributed by atoms with Crippen LogP contribution in [0.25, 0.3) is 47.6 Å². The Balaban J connectivity index is 1.21. The van der Waals surface area contributed by atoms with Gasteiger partial charge in [0.15, 0.2) is 0 Å². The van der Waals surface area contributed by atoms with Crippen molar-refractivity contribution in [3.05, 3.63) is 187 Å². The maximum absolute atomic E-state index is 6.86. The highest BCUT2D eigenvalue weighted by molar-refractivity contribution is 7.26. The lowest BCUT2D eigenvalue weighted by Gasteiger charge is -2.36. The van der Waals surface area contributed by atoms with Crippen LogP contribution in [-0.2, 0) is 0 Å². The third-order valence-electron chi connectivity index (χ3n) is 10.5. The average molecular weight is 660 g/mol. The van der Waals surface area contributed by atoms with Crippen LogP contribution >= 0.6 is 11.3 Å². The summed E-state index contributed by atoms with van der Waals surface area (Å²) in [5.74, 6) is 1.11. The zero-order chi connectivity index (χ0) is 33.2. The molecule has 0 fully saturated rings. The van der Waals surface area contributed by atoms with Crippen LogP contribution in [0, 0.1) is 0 Å². The molecule has 0 saturated heterocycles. The van der Waals surface area contributed by atoms with Crippen LogP contribution in [0.1, 0.15) is 24.0 Å². The molecule has 50 heavy (non-hydrogen) atoms. The van der Waals surface area contributed by atoms with Crippen molar-refractivity contribution in [2.75, 3.05) is 4.90 Å². The number of allylic oxidation sites excluding steroid dienone is 2. The number of hydrogen-bond donors (Lipinski definition) is 0. The lowest BCUT2D eigenvalue weighted by molar-refractivity contribution is 0.166. The summed E-state index contributed by atoms with van der Waals surface area (Å²) in [5.41, 5.74) is 8.84. The fraction of sp³-hybridized carbons (Fsp3) is 0.0638. The van der Waals surface area contributed by atoms with Gasteiger partial charge < -0.3 is 9.64 Å². The molecular formula is C47H33NOS. The zero-order valence-electron chi connectivity index (χ0n) is 27.6. The van der Waals surface area contributed by atoms with Crippen LogP contribution in [0.3, 0.4) is 0 Å². The van der Waals surface area contributed by atoms with E-state index in [1.165, 1.54) is 64.5 Å². The van der Waals surface area contributed by atoms with Gasteiger partial charge in [0.1, 0.15) is 11.4 Å². The predicted octanol–water partition coefficient (Wildman–Crippen LogP) is 13.2. The minimum atomic E-state index is -0.525. The van der Waals surface area contributed by atoms with Crippen LogP contribution in [0.4, 0.5) is 17.1 Å². The van der Waals surface area contributed by atoms with Crippen molar-refractivity contribution in [1.29, 1.82) is 0 Å². The van der Waals surface area contributed by atoms with Gasteiger partial charge >= 0.3 is 0 Å². The summed E-state index contributed by atoms with van der Waals surface area (Å²) in [6, 6.07) is 57.2. The van der Waals surface area contributed by atoms with E-state index in [4.69, 9.17) is 4.74 Å². The molecule has 0 saturated carbocycles. The molecule has 2 heterocycles. The van der Waals surface area contributed by atoms with Gasteiger partial charge in [0.25, 0.3) is 0 Å². The van der Waals surface area contributed by atoms with E-state index in [9.17, 15) is 0 Å². The predicted molar refractivity (Wildman–Crippen MR) is 212 cm³/mol. The SMILES string of the molecule is CC12Oc3ccccc3C1C=CC=C2c1ccc(N(c2ccc3ccccc3c2)c2cccc3sc4ccccc4c23)cc1-c1ccccc1. The van der Waals surface area contributed by atoms with E-state index in [1.54, 1.807) is 0 Å². The van der Waals surface area contributed by atoms with Crippen molar-refractivity contribution in [3.63, 3.8) is 0 Å². The van der Waals surface area contributed by atoms with E-state index in [-0.39, 0.29) is 5.92 Å². The summed E-state index contributed by atoms with van der Waals surface area (Å²) >= 11 is 1.86. The summed E-state index contributed by atoms with van der Waals surface area (Å²) in [5, 5.41) is 5.01. The molecule has 2 nitrogen and oxygen atoms in total. The Morgan fingerprint density at radius 1 is 0.620 bits per heavy atom. The Morgan fingerprint density at radius 3 is 2.28 bits per heavy atom. The lowest BCUT2D eigenvalue weighted by atomic mass is 9.73. The molecule has 0 N–H and O–H groups in total. The highest BCUT2D eigenvalue weighted by Crippen LogP contribution is 2.55. The highest BCUT2D eigenvalue weighted by atomic mass is 32.1. The van der Waals surface area contributed by atoms with E-state index in [0.29, 0.717) is 0 Å². The molecule has 10 rings (SSSR count). The average Bonchev–Trinajstić information content (AvgIpc) is 3.70. The summed E-state index contributed by atoms with van der Waals surface area (Å²) < 4.78 is 9.45. The zero-order valence-corrected chi connectivity index (χ0v) is 28.4. The number of rotatable bonds is 5. The molecule has 2 unspecified atom stereocenters. The molecule has 0 radical (unpaired) electrons. The van der Waals surface area contributed by atoms with E-state index in [2.05, 4.69) is 188 Å². The fourth-order valence-electron chi connectivity index (χ4n) is 8.16. The van der Waals surface area contributed by atoms with Crippen LogP contribution in [-0.4, -0.2) is 5.60 Å². The Kier molecular flexibility index (Phi) is 6.59. The van der Waals surface area contributed by atoms with E-state index in [1.807, 2.05) is 11.3 Å². The molecule has 2 atom stereocenters. The number of para-hydroxylation sites is 1. The molecule has 0 amide bonds. The smallest absolute Gasteiger partial charge is 0.142 e. The maximum Gasteiger partial charge on any atom is 0.142 e. The standard InChI is InChI=1S/C47H33NOS/c1-47-40(19-11-20-41(47)37-17-7-9-22-43(37)49-47)36-28-27-35(30-39(36)32-14-3-2-4-15-32)48(34-26-25-31-13-5-6-16-33(31)29-34)42-21-12-24-45-46(42)38-18-8-10-23-44(38)50-45/h2-30,41H,1H3. The van der Waals surface area contributed by atoms with Gasteiger partial charge in [-0.25, -0.2) is 0 Å². The molecule has 1 aromatic heterocycles. The van der Waals surface area contributed by atoms with Gasteiger partial charge in [0.2, 0.25) is 0 Å². The molecule has 2 aliphatic rings. The number of benzene rings is 7. The topological polar surface area (TPSA) is 12.5 Å². The first-order valence-electron chi connectivity index (χ1n) is 17.2. The first-order chi connectivity index (χ1) is 24.7. The third kappa shape index (κ3) is 4.47. The van der Waals surface area contributed by atoms with Gasteiger partial charge in [-0.2, -0.15) is 0 Å². The summed E-state index contributed by atoms with van der Waals surface area (Å²) in [6.07, 6.45) is 6.75. The second kappa shape index (κ2) is 11.3. The summed E-state index contributed by atoms with van der Waals surface area (Å²) in [6.45, 7) is 2.25. The van der Waals surface area contributed by atoms with Crippen molar-refractivity contribution < 1.29 is 4.74 Å². The largest absolute Gasteiger partial charge is 0.482 e. The van der Waals surface area contributed by atoms with E-state index < -0.39 is 5.60 Å². The molecule has 1 aliphatic carbocycles. The molecule has 0 bridgehead atoms.